The van der Waals surface area contributed by atoms with Crippen molar-refractivity contribution in [2.75, 3.05) is 5.75 Å². The zero-order chi connectivity index (χ0) is 6.41. The van der Waals surface area contributed by atoms with E-state index in [0.29, 0.717) is 0 Å². The van der Waals surface area contributed by atoms with Crippen molar-refractivity contribution in [2.45, 2.75) is 19.3 Å². The van der Waals surface area contributed by atoms with Gasteiger partial charge in [0.2, 0.25) is 0 Å². The number of hydrogen-bond donors (Lipinski definition) is 0. The second-order valence-corrected chi connectivity index (χ2v) is 2.58. The summed E-state index contributed by atoms with van der Waals surface area (Å²) >= 11 is -1.84. The van der Waals surface area contributed by atoms with Gasteiger partial charge in [0.15, 0.2) is 0 Å². The van der Waals surface area contributed by atoms with Gasteiger partial charge in [0.1, 0.15) is 0 Å². The van der Waals surface area contributed by atoms with Gasteiger partial charge in [-0.2, -0.15) is 0 Å². The molecule has 1 atom stereocenters. The maximum atomic E-state index is 9.85. The number of rotatable bonds is 4. The SMILES string of the molecule is [CH2+]CCCCS(=O)[O-]. The summed E-state index contributed by atoms with van der Waals surface area (Å²) in [7, 11) is 0. The average molecular weight is 134 g/mol. The van der Waals surface area contributed by atoms with Crippen molar-refractivity contribution >= 4 is 11.1 Å². The van der Waals surface area contributed by atoms with E-state index in [2.05, 4.69) is 6.92 Å². The van der Waals surface area contributed by atoms with Crippen LogP contribution in [0.3, 0.4) is 0 Å². The molecule has 48 valence electrons. The van der Waals surface area contributed by atoms with Crippen molar-refractivity contribution in [3.63, 3.8) is 0 Å². The molecule has 0 rings (SSSR count). The van der Waals surface area contributed by atoms with Gasteiger partial charge in [-0.15, -0.1) is 0 Å². The molecule has 0 bridgehead atoms. The molecule has 2 nitrogen and oxygen atoms in total. The van der Waals surface area contributed by atoms with Crippen molar-refractivity contribution in [1.29, 1.82) is 0 Å². The molecule has 0 aromatic rings. The van der Waals surface area contributed by atoms with Gasteiger partial charge in [-0.05, 0) is 12.8 Å². The number of unbranched alkanes of at least 4 members (excludes halogenated alkanes) is 2. The summed E-state index contributed by atoms with van der Waals surface area (Å²) in [5.41, 5.74) is 0. The maximum Gasteiger partial charge on any atom is 0.0850 e. The second kappa shape index (κ2) is 5.12. The van der Waals surface area contributed by atoms with E-state index in [4.69, 9.17) is 0 Å². The zero-order valence-electron chi connectivity index (χ0n) is 4.76. The van der Waals surface area contributed by atoms with Crippen molar-refractivity contribution in [2.24, 2.45) is 0 Å². The fourth-order valence-electron chi connectivity index (χ4n) is 0.397. The largest absolute Gasteiger partial charge is 0.772 e. The molecule has 0 radical (unpaired) electrons. The van der Waals surface area contributed by atoms with E-state index >= 15 is 0 Å². The molecular weight excluding hydrogens is 124 g/mol. The molecule has 0 saturated heterocycles. The Morgan fingerprint density at radius 1 is 1.50 bits per heavy atom. The normalized spacial score (nSPS) is 13.6. The molecule has 0 aliphatic heterocycles. The predicted molar refractivity (Wildman–Crippen MR) is 33.0 cm³/mol. The van der Waals surface area contributed by atoms with Gasteiger partial charge in [-0.1, -0.05) is 11.1 Å². The summed E-state index contributed by atoms with van der Waals surface area (Å²) < 4.78 is 19.7. The summed E-state index contributed by atoms with van der Waals surface area (Å²) in [4.78, 5) is 0. The Hall–Kier alpha value is -0.0200. The topological polar surface area (TPSA) is 40.1 Å². The minimum absolute atomic E-state index is 0.287. The van der Waals surface area contributed by atoms with Crippen LogP contribution in [0.4, 0.5) is 0 Å². The molecular formula is C5H10O2S. The monoisotopic (exact) mass is 134 g/mol. The Balaban J connectivity index is 2.82. The summed E-state index contributed by atoms with van der Waals surface area (Å²) in [6.07, 6.45) is 2.49. The number of hydrogen-bond acceptors (Lipinski definition) is 2. The predicted octanol–water partition coefficient (Wildman–Crippen LogP) is 0.870. The highest BCUT2D eigenvalue weighted by molar-refractivity contribution is 7.79. The molecule has 0 aromatic heterocycles. The lowest BCUT2D eigenvalue weighted by atomic mass is 10.3. The minimum Gasteiger partial charge on any atom is -0.772 e. The Kier molecular flexibility index (Phi) is 5.11. The molecule has 0 N–H and O–H groups in total. The molecule has 8 heavy (non-hydrogen) atoms. The highest BCUT2D eigenvalue weighted by Gasteiger charge is 1.86. The molecule has 0 aliphatic rings. The first-order chi connectivity index (χ1) is 3.77. The van der Waals surface area contributed by atoms with Crippen molar-refractivity contribution < 1.29 is 8.76 Å². The van der Waals surface area contributed by atoms with Gasteiger partial charge < -0.3 is 4.55 Å². The summed E-state index contributed by atoms with van der Waals surface area (Å²) in [5.74, 6) is 0.287. The molecule has 0 saturated carbocycles. The fourth-order valence-corrected chi connectivity index (χ4v) is 0.837. The van der Waals surface area contributed by atoms with Gasteiger partial charge in [0, 0.05) is 5.75 Å². The van der Waals surface area contributed by atoms with Gasteiger partial charge in [0.25, 0.3) is 0 Å². The Morgan fingerprint density at radius 3 is 2.50 bits per heavy atom. The maximum absolute atomic E-state index is 9.85. The van der Waals surface area contributed by atoms with E-state index in [1.165, 1.54) is 0 Å². The average Bonchev–Trinajstić information content (AvgIpc) is 1.66. The van der Waals surface area contributed by atoms with Crippen molar-refractivity contribution in [3.05, 3.63) is 6.92 Å². The molecule has 0 amide bonds. The summed E-state index contributed by atoms with van der Waals surface area (Å²) in [6, 6.07) is 0. The Bertz CT molecular complexity index is 72.8. The van der Waals surface area contributed by atoms with Crippen LogP contribution in [-0.4, -0.2) is 14.5 Å². The van der Waals surface area contributed by atoms with Gasteiger partial charge in [0.05, 0.1) is 13.3 Å². The van der Waals surface area contributed by atoms with Crippen LogP contribution in [0.2, 0.25) is 0 Å². The van der Waals surface area contributed by atoms with Crippen molar-refractivity contribution in [3.8, 4) is 0 Å². The van der Waals surface area contributed by atoms with Gasteiger partial charge in [-0.3, -0.25) is 4.21 Å². The van der Waals surface area contributed by atoms with Crippen LogP contribution in [-0.2, 0) is 11.1 Å². The van der Waals surface area contributed by atoms with Crippen LogP contribution in [0.1, 0.15) is 19.3 Å². The van der Waals surface area contributed by atoms with Crippen molar-refractivity contribution in [1.82, 2.24) is 0 Å². The molecule has 0 aliphatic carbocycles. The second-order valence-electron chi connectivity index (χ2n) is 1.57. The molecule has 0 spiro atoms. The molecule has 3 heteroatoms. The lowest BCUT2D eigenvalue weighted by Gasteiger charge is -2.00. The van der Waals surface area contributed by atoms with E-state index in [9.17, 15) is 8.76 Å². The fraction of sp³-hybridized carbons (Fsp3) is 0.800. The minimum atomic E-state index is -1.84. The van der Waals surface area contributed by atoms with Crippen LogP contribution in [0, 0.1) is 6.92 Å². The highest BCUT2D eigenvalue weighted by atomic mass is 32.2. The first-order valence-corrected chi connectivity index (χ1v) is 3.87. The zero-order valence-corrected chi connectivity index (χ0v) is 5.58. The molecule has 0 aromatic carbocycles. The molecule has 0 fully saturated rings. The standard InChI is InChI=1S/C5H10O2S/c1-2-3-4-5-8(6)7/h1-5H2. The lowest BCUT2D eigenvalue weighted by molar-refractivity contribution is 0.533. The van der Waals surface area contributed by atoms with E-state index < -0.39 is 11.1 Å². The first kappa shape index (κ1) is 7.98. The van der Waals surface area contributed by atoms with Crippen LogP contribution >= 0.6 is 0 Å². The van der Waals surface area contributed by atoms with Crippen LogP contribution < -0.4 is 0 Å². The van der Waals surface area contributed by atoms with E-state index in [0.717, 1.165) is 19.3 Å². The van der Waals surface area contributed by atoms with E-state index in [1.807, 2.05) is 0 Å². The lowest BCUT2D eigenvalue weighted by Crippen LogP contribution is -1.93. The summed E-state index contributed by atoms with van der Waals surface area (Å²) in [6.45, 7) is 3.58. The quantitative estimate of drug-likeness (QED) is 0.325. The van der Waals surface area contributed by atoms with E-state index in [-0.39, 0.29) is 5.75 Å². The Morgan fingerprint density at radius 2 is 2.12 bits per heavy atom. The van der Waals surface area contributed by atoms with Crippen LogP contribution in [0.5, 0.6) is 0 Å². The molecule has 0 heterocycles. The first-order valence-electron chi connectivity index (χ1n) is 2.62. The third-order valence-corrected chi connectivity index (χ3v) is 1.43. The third kappa shape index (κ3) is 5.98. The van der Waals surface area contributed by atoms with E-state index in [1.54, 1.807) is 0 Å². The highest BCUT2D eigenvalue weighted by Crippen LogP contribution is 1.93. The van der Waals surface area contributed by atoms with Gasteiger partial charge in [-0.25, -0.2) is 0 Å². The van der Waals surface area contributed by atoms with Gasteiger partial charge >= 0.3 is 0 Å². The summed E-state index contributed by atoms with van der Waals surface area (Å²) in [5, 5.41) is 0. The molecule has 1 unspecified atom stereocenters. The van der Waals surface area contributed by atoms with Crippen LogP contribution in [0.25, 0.3) is 0 Å². The van der Waals surface area contributed by atoms with Crippen LogP contribution in [0.15, 0.2) is 0 Å². The Labute approximate surface area is 52.6 Å². The smallest absolute Gasteiger partial charge is 0.0850 e. The third-order valence-electron chi connectivity index (χ3n) is 0.811.